The third-order valence-electron chi connectivity index (χ3n) is 5.95. The van der Waals surface area contributed by atoms with Crippen LogP contribution in [0, 0.1) is 17.7 Å². The standard InChI is InChI=1S/C22H20FN3O3/c23-14-8-6-13(7-9-14)19-17-4-1-2-10-25(17)20(24-19)18-5-3-11-26(18)21(27)15-12-16(15)22(28)29/h1-2,4,6-10,15-16,18H,3,5,11-12H2,(H,28,29). The summed E-state index contributed by atoms with van der Waals surface area (Å²) in [6.07, 6.45) is 3.98. The van der Waals surface area contributed by atoms with Gasteiger partial charge in [-0.2, -0.15) is 0 Å². The van der Waals surface area contributed by atoms with Gasteiger partial charge in [-0.05, 0) is 55.7 Å². The number of benzene rings is 1. The van der Waals surface area contributed by atoms with E-state index in [0.717, 1.165) is 35.4 Å². The molecule has 1 saturated heterocycles. The van der Waals surface area contributed by atoms with Crippen LogP contribution in [0.15, 0.2) is 48.7 Å². The molecule has 2 fully saturated rings. The van der Waals surface area contributed by atoms with Crippen LogP contribution < -0.4 is 0 Å². The maximum atomic E-state index is 13.4. The molecule has 1 saturated carbocycles. The summed E-state index contributed by atoms with van der Waals surface area (Å²) in [7, 11) is 0. The second-order valence-corrected chi connectivity index (χ2v) is 7.76. The summed E-state index contributed by atoms with van der Waals surface area (Å²) in [5.74, 6) is -1.51. The summed E-state index contributed by atoms with van der Waals surface area (Å²) < 4.78 is 15.3. The molecule has 0 radical (unpaired) electrons. The monoisotopic (exact) mass is 393 g/mol. The summed E-state index contributed by atoms with van der Waals surface area (Å²) in [6, 6.07) is 11.8. The van der Waals surface area contributed by atoms with Crippen LogP contribution in [0.5, 0.6) is 0 Å². The Morgan fingerprint density at radius 3 is 2.62 bits per heavy atom. The van der Waals surface area contributed by atoms with Gasteiger partial charge in [0.15, 0.2) is 0 Å². The SMILES string of the molecule is O=C(O)C1CC1C(=O)N1CCCC1c1nc(-c2ccc(F)cc2)c2ccccn12. The molecular formula is C22H20FN3O3. The number of aromatic nitrogens is 2. The second-order valence-electron chi connectivity index (χ2n) is 7.76. The summed E-state index contributed by atoms with van der Waals surface area (Å²) in [5, 5.41) is 9.17. The van der Waals surface area contributed by atoms with Gasteiger partial charge in [0.05, 0.1) is 29.1 Å². The lowest BCUT2D eigenvalue weighted by Crippen LogP contribution is -2.33. The molecule has 2 aliphatic rings. The highest BCUT2D eigenvalue weighted by molar-refractivity contribution is 5.90. The third-order valence-corrected chi connectivity index (χ3v) is 5.95. The summed E-state index contributed by atoms with van der Waals surface area (Å²) >= 11 is 0. The number of amides is 1. The maximum Gasteiger partial charge on any atom is 0.307 e. The Morgan fingerprint density at radius 2 is 1.90 bits per heavy atom. The van der Waals surface area contributed by atoms with Crippen LogP contribution >= 0.6 is 0 Å². The van der Waals surface area contributed by atoms with Gasteiger partial charge in [0.2, 0.25) is 5.91 Å². The predicted octanol–water partition coefficient (Wildman–Crippen LogP) is 3.52. The van der Waals surface area contributed by atoms with E-state index in [1.165, 1.54) is 12.1 Å². The molecule has 1 N–H and O–H groups in total. The Kier molecular flexibility index (Phi) is 4.12. The summed E-state index contributed by atoms with van der Waals surface area (Å²) in [4.78, 5) is 30.8. The molecule has 1 aromatic carbocycles. The number of imidazole rings is 1. The van der Waals surface area contributed by atoms with Crippen molar-refractivity contribution in [3.63, 3.8) is 0 Å². The number of nitrogens with zero attached hydrogens (tertiary/aromatic N) is 3. The van der Waals surface area contributed by atoms with Crippen LogP contribution in [0.25, 0.3) is 16.8 Å². The Morgan fingerprint density at radius 1 is 1.10 bits per heavy atom. The normalized spacial score (nSPS) is 23.5. The second kappa shape index (κ2) is 6.69. The average Bonchev–Trinajstić information content (AvgIpc) is 3.23. The highest BCUT2D eigenvalue weighted by Crippen LogP contribution is 2.44. The molecular weight excluding hydrogens is 373 g/mol. The smallest absolute Gasteiger partial charge is 0.307 e. The minimum Gasteiger partial charge on any atom is -0.481 e. The number of fused-ring (bicyclic) bond motifs is 1. The van der Waals surface area contributed by atoms with E-state index in [2.05, 4.69) is 0 Å². The fourth-order valence-electron chi connectivity index (χ4n) is 4.37. The number of hydrogen-bond donors (Lipinski definition) is 1. The first-order valence-corrected chi connectivity index (χ1v) is 9.81. The van der Waals surface area contributed by atoms with Gasteiger partial charge in [0.25, 0.3) is 0 Å². The van der Waals surface area contributed by atoms with Crippen LogP contribution in [-0.2, 0) is 9.59 Å². The minimum atomic E-state index is -0.899. The molecule has 1 aliphatic carbocycles. The highest BCUT2D eigenvalue weighted by atomic mass is 19.1. The van der Waals surface area contributed by atoms with Gasteiger partial charge in [-0.25, -0.2) is 9.37 Å². The van der Waals surface area contributed by atoms with Gasteiger partial charge in [0.1, 0.15) is 11.6 Å². The molecule has 3 heterocycles. The Bertz CT molecular complexity index is 1110. The minimum absolute atomic E-state index is 0.0871. The largest absolute Gasteiger partial charge is 0.481 e. The van der Waals surface area contributed by atoms with Gasteiger partial charge in [-0.3, -0.25) is 9.59 Å². The van der Waals surface area contributed by atoms with E-state index in [4.69, 9.17) is 4.98 Å². The maximum absolute atomic E-state index is 13.4. The molecule has 3 aromatic rings. The fourth-order valence-corrected chi connectivity index (χ4v) is 4.37. The van der Waals surface area contributed by atoms with E-state index in [1.807, 2.05) is 28.8 Å². The lowest BCUT2D eigenvalue weighted by Gasteiger charge is -2.24. The van der Waals surface area contributed by atoms with Crippen LogP contribution in [-0.4, -0.2) is 37.8 Å². The van der Waals surface area contributed by atoms with Crippen molar-refractivity contribution >= 4 is 17.4 Å². The van der Waals surface area contributed by atoms with Crippen LogP contribution in [0.4, 0.5) is 4.39 Å². The van der Waals surface area contributed by atoms with Crippen molar-refractivity contribution in [1.29, 1.82) is 0 Å². The molecule has 0 spiro atoms. The lowest BCUT2D eigenvalue weighted by atomic mass is 10.1. The number of halogens is 1. The zero-order chi connectivity index (χ0) is 20.1. The van der Waals surface area contributed by atoms with Crippen molar-refractivity contribution in [1.82, 2.24) is 14.3 Å². The Balaban J connectivity index is 1.54. The third kappa shape index (κ3) is 2.97. The molecule has 3 unspecified atom stereocenters. The highest BCUT2D eigenvalue weighted by Gasteiger charge is 2.51. The molecule has 0 bridgehead atoms. The van der Waals surface area contributed by atoms with Crippen molar-refractivity contribution in [2.75, 3.05) is 6.54 Å². The van der Waals surface area contributed by atoms with Gasteiger partial charge in [0, 0.05) is 18.3 Å². The molecule has 2 aromatic heterocycles. The van der Waals surface area contributed by atoms with Crippen LogP contribution in [0.1, 0.15) is 31.1 Å². The summed E-state index contributed by atoms with van der Waals surface area (Å²) in [6.45, 7) is 0.611. The van der Waals surface area contributed by atoms with E-state index < -0.39 is 17.8 Å². The average molecular weight is 393 g/mol. The van der Waals surface area contributed by atoms with E-state index in [0.29, 0.717) is 13.0 Å². The number of carboxylic acid groups (broad SMARTS) is 1. The van der Waals surface area contributed by atoms with E-state index >= 15 is 0 Å². The van der Waals surface area contributed by atoms with E-state index in [9.17, 15) is 19.1 Å². The molecule has 6 nitrogen and oxygen atoms in total. The molecule has 3 atom stereocenters. The molecule has 29 heavy (non-hydrogen) atoms. The molecule has 5 rings (SSSR count). The first kappa shape index (κ1) is 17.8. The number of pyridine rings is 1. The zero-order valence-electron chi connectivity index (χ0n) is 15.7. The first-order chi connectivity index (χ1) is 14.0. The van der Waals surface area contributed by atoms with Crippen molar-refractivity contribution in [2.24, 2.45) is 11.8 Å². The predicted molar refractivity (Wildman–Crippen MR) is 104 cm³/mol. The van der Waals surface area contributed by atoms with Crippen molar-refractivity contribution < 1.29 is 19.1 Å². The Hall–Kier alpha value is -3.22. The van der Waals surface area contributed by atoms with Crippen LogP contribution in [0.3, 0.4) is 0 Å². The quantitative estimate of drug-likeness (QED) is 0.736. The number of likely N-dealkylation sites (tertiary alicyclic amines) is 1. The fraction of sp³-hybridized carbons (Fsp3) is 0.318. The number of carbonyl (C=O) groups is 2. The topological polar surface area (TPSA) is 74.9 Å². The molecule has 1 amide bonds. The molecule has 148 valence electrons. The number of hydrogen-bond acceptors (Lipinski definition) is 3. The van der Waals surface area contributed by atoms with Gasteiger partial charge in [-0.15, -0.1) is 0 Å². The summed E-state index contributed by atoms with van der Waals surface area (Å²) in [5.41, 5.74) is 2.45. The van der Waals surface area contributed by atoms with E-state index in [1.54, 1.807) is 17.0 Å². The number of rotatable bonds is 4. The van der Waals surface area contributed by atoms with Crippen molar-refractivity contribution in [3.8, 4) is 11.3 Å². The number of carboxylic acids is 1. The van der Waals surface area contributed by atoms with Gasteiger partial charge >= 0.3 is 5.97 Å². The van der Waals surface area contributed by atoms with Crippen molar-refractivity contribution in [3.05, 3.63) is 60.3 Å². The molecule has 1 aliphatic heterocycles. The van der Waals surface area contributed by atoms with Gasteiger partial charge < -0.3 is 14.4 Å². The van der Waals surface area contributed by atoms with E-state index in [-0.39, 0.29) is 17.8 Å². The lowest BCUT2D eigenvalue weighted by molar-refractivity contribution is -0.142. The zero-order valence-corrected chi connectivity index (χ0v) is 15.7. The number of aliphatic carboxylic acids is 1. The Labute approximate surface area is 166 Å². The number of carbonyl (C=O) groups excluding carboxylic acids is 1. The van der Waals surface area contributed by atoms with Gasteiger partial charge in [-0.1, -0.05) is 6.07 Å². The molecule has 7 heteroatoms. The van der Waals surface area contributed by atoms with Crippen molar-refractivity contribution in [2.45, 2.75) is 25.3 Å². The first-order valence-electron chi connectivity index (χ1n) is 9.81. The van der Waals surface area contributed by atoms with Crippen LogP contribution in [0.2, 0.25) is 0 Å².